The molecule has 25 heavy (non-hydrogen) atoms. The van der Waals surface area contributed by atoms with Gasteiger partial charge in [0, 0.05) is 18.2 Å². The highest BCUT2D eigenvalue weighted by molar-refractivity contribution is 6.34. The Labute approximate surface area is 151 Å². The molecule has 1 N–H and O–H groups in total. The standard InChI is InChI=1S/C19H19ClN2O3/c1-11-8-16(15(20)9-17(11)25-3)21-18(23)12(2)22-10-13-6-4-5-7-14(13)19(22)24/h4-9,12H,10H2,1-3H3,(H,21,23)/t12-/m1/s1. The topological polar surface area (TPSA) is 58.6 Å². The van der Waals surface area contributed by atoms with E-state index in [9.17, 15) is 9.59 Å². The van der Waals surface area contributed by atoms with Crippen LogP contribution in [0.3, 0.4) is 0 Å². The SMILES string of the molecule is COc1cc(Cl)c(NC(=O)[C@@H](C)N2Cc3ccccc3C2=O)cc1C. The predicted octanol–water partition coefficient (Wildman–Crippen LogP) is 3.64. The van der Waals surface area contributed by atoms with Crippen LogP contribution in [0.2, 0.25) is 5.02 Å². The zero-order valence-electron chi connectivity index (χ0n) is 14.3. The molecule has 0 saturated carbocycles. The van der Waals surface area contributed by atoms with Crippen LogP contribution in [0.4, 0.5) is 5.69 Å². The fraction of sp³-hybridized carbons (Fsp3) is 0.263. The number of carbonyl (C=O) groups is 2. The number of nitrogens with zero attached hydrogens (tertiary/aromatic N) is 1. The molecule has 0 saturated heterocycles. The Hall–Kier alpha value is -2.53. The monoisotopic (exact) mass is 358 g/mol. The summed E-state index contributed by atoms with van der Waals surface area (Å²) in [6, 6.07) is 10.2. The zero-order valence-corrected chi connectivity index (χ0v) is 15.1. The van der Waals surface area contributed by atoms with Crippen molar-refractivity contribution in [2.75, 3.05) is 12.4 Å². The third-order valence-electron chi connectivity index (χ3n) is 4.44. The van der Waals surface area contributed by atoms with Crippen LogP contribution in [0.15, 0.2) is 36.4 Å². The Morgan fingerprint density at radius 2 is 2.04 bits per heavy atom. The summed E-state index contributed by atoms with van der Waals surface area (Å²) in [4.78, 5) is 26.7. The van der Waals surface area contributed by atoms with E-state index in [2.05, 4.69) is 5.32 Å². The van der Waals surface area contributed by atoms with Gasteiger partial charge in [0.15, 0.2) is 0 Å². The van der Waals surface area contributed by atoms with Crippen LogP contribution in [0.25, 0.3) is 0 Å². The summed E-state index contributed by atoms with van der Waals surface area (Å²) in [5.41, 5.74) is 2.95. The van der Waals surface area contributed by atoms with E-state index in [0.29, 0.717) is 28.6 Å². The van der Waals surface area contributed by atoms with Gasteiger partial charge in [-0.1, -0.05) is 29.8 Å². The predicted molar refractivity (Wildman–Crippen MR) is 97.1 cm³/mol. The Kier molecular flexibility index (Phi) is 4.68. The number of nitrogens with one attached hydrogen (secondary N) is 1. The number of anilines is 1. The minimum Gasteiger partial charge on any atom is -0.496 e. The molecule has 2 aromatic rings. The number of halogens is 1. The first-order valence-corrected chi connectivity index (χ1v) is 8.34. The number of hydrogen-bond donors (Lipinski definition) is 1. The molecule has 1 heterocycles. The highest BCUT2D eigenvalue weighted by Gasteiger charge is 2.33. The zero-order chi connectivity index (χ0) is 18.1. The maximum absolute atomic E-state index is 12.6. The minimum atomic E-state index is -0.613. The summed E-state index contributed by atoms with van der Waals surface area (Å²) in [7, 11) is 1.57. The van der Waals surface area contributed by atoms with E-state index in [1.165, 1.54) is 0 Å². The number of rotatable bonds is 4. The van der Waals surface area contributed by atoms with E-state index in [0.717, 1.165) is 11.1 Å². The largest absolute Gasteiger partial charge is 0.496 e. The number of amides is 2. The number of aryl methyl sites for hydroxylation is 1. The molecular formula is C19H19ClN2O3. The summed E-state index contributed by atoms with van der Waals surface area (Å²) in [5.74, 6) is 0.240. The smallest absolute Gasteiger partial charge is 0.255 e. The van der Waals surface area contributed by atoms with E-state index >= 15 is 0 Å². The van der Waals surface area contributed by atoms with Gasteiger partial charge < -0.3 is 15.0 Å². The number of benzene rings is 2. The van der Waals surface area contributed by atoms with E-state index in [-0.39, 0.29) is 11.8 Å². The molecule has 5 nitrogen and oxygen atoms in total. The summed E-state index contributed by atoms with van der Waals surface area (Å²) in [6.07, 6.45) is 0. The van der Waals surface area contributed by atoms with Gasteiger partial charge in [0.25, 0.3) is 5.91 Å². The molecule has 0 radical (unpaired) electrons. The van der Waals surface area contributed by atoms with Crippen LogP contribution in [0, 0.1) is 6.92 Å². The second-order valence-corrected chi connectivity index (χ2v) is 6.46. The van der Waals surface area contributed by atoms with Crippen LogP contribution >= 0.6 is 11.6 Å². The van der Waals surface area contributed by atoms with Gasteiger partial charge in [0.1, 0.15) is 11.8 Å². The van der Waals surface area contributed by atoms with Crippen molar-refractivity contribution in [2.24, 2.45) is 0 Å². The first-order valence-electron chi connectivity index (χ1n) is 7.96. The fourth-order valence-corrected chi connectivity index (χ4v) is 3.15. The number of ether oxygens (including phenoxy) is 1. The average Bonchev–Trinajstić information content (AvgIpc) is 2.94. The Morgan fingerprint density at radius 3 is 2.72 bits per heavy atom. The first kappa shape index (κ1) is 17.3. The van der Waals surface area contributed by atoms with Gasteiger partial charge in [-0.2, -0.15) is 0 Å². The molecule has 0 bridgehead atoms. The van der Waals surface area contributed by atoms with Crippen LogP contribution in [0.5, 0.6) is 5.75 Å². The molecule has 1 aliphatic rings. The van der Waals surface area contributed by atoms with E-state index < -0.39 is 6.04 Å². The molecule has 3 rings (SSSR count). The van der Waals surface area contributed by atoms with Crippen molar-refractivity contribution in [3.8, 4) is 5.75 Å². The molecule has 0 aliphatic carbocycles. The summed E-state index contributed by atoms with van der Waals surface area (Å²) in [5, 5.41) is 3.19. The lowest BCUT2D eigenvalue weighted by atomic mass is 10.1. The summed E-state index contributed by atoms with van der Waals surface area (Å²) in [6.45, 7) is 4.01. The van der Waals surface area contributed by atoms with Crippen LogP contribution in [-0.2, 0) is 11.3 Å². The van der Waals surface area contributed by atoms with Gasteiger partial charge in [0.2, 0.25) is 5.91 Å². The molecule has 1 atom stereocenters. The maximum atomic E-state index is 12.6. The molecule has 0 fully saturated rings. The average molecular weight is 359 g/mol. The molecule has 2 aromatic carbocycles. The van der Waals surface area contributed by atoms with Crippen molar-refractivity contribution in [3.63, 3.8) is 0 Å². The number of hydrogen-bond acceptors (Lipinski definition) is 3. The second kappa shape index (κ2) is 6.76. The van der Waals surface area contributed by atoms with Gasteiger partial charge in [0.05, 0.1) is 17.8 Å². The van der Waals surface area contributed by atoms with Crippen molar-refractivity contribution in [2.45, 2.75) is 26.4 Å². The Bertz CT molecular complexity index is 851. The minimum absolute atomic E-state index is 0.129. The molecule has 130 valence electrons. The van der Waals surface area contributed by atoms with Gasteiger partial charge in [-0.05, 0) is 37.1 Å². The van der Waals surface area contributed by atoms with Crippen LogP contribution in [0.1, 0.15) is 28.4 Å². The molecule has 6 heteroatoms. The third-order valence-corrected chi connectivity index (χ3v) is 4.75. The molecule has 2 amide bonds. The van der Waals surface area contributed by atoms with Crippen molar-refractivity contribution >= 4 is 29.1 Å². The van der Waals surface area contributed by atoms with Crippen molar-refractivity contribution < 1.29 is 14.3 Å². The normalized spacial score (nSPS) is 14.2. The Morgan fingerprint density at radius 1 is 1.32 bits per heavy atom. The van der Waals surface area contributed by atoms with Gasteiger partial charge in [-0.15, -0.1) is 0 Å². The lowest BCUT2D eigenvalue weighted by Crippen LogP contribution is -2.42. The van der Waals surface area contributed by atoms with E-state index in [4.69, 9.17) is 16.3 Å². The summed E-state index contributed by atoms with van der Waals surface area (Å²) < 4.78 is 5.21. The molecule has 0 aromatic heterocycles. The molecule has 0 spiro atoms. The highest BCUT2D eigenvalue weighted by atomic mass is 35.5. The van der Waals surface area contributed by atoms with E-state index in [1.54, 1.807) is 37.1 Å². The summed E-state index contributed by atoms with van der Waals surface area (Å²) >= 11 is 6.21. The Balaban J connectivity index is 1.76. The van der Waals surface area contributed by atoms with Crippen molar-refractivity contribution in [1.29, 1.82) is 0 Å². The highest BCUT2D eigenvalue weighted by Crippen LogP contribution is 2.31. The molecule has 1 aliphatic heterocycles. The van der Waals surface area contributed by atoms with Crippen LogP contribution in [-0.4, -0.2) is 29.9 Å². The first-order chi connectivity index (χ1) is 11.9. The number of methoxy groups -OCH3 is 1. The molecule has 0 unspecified atom stereocenters. The van der Waals surface area contributed by atoms with Gasteiger partial charge in [-0.25, -0.2) is 0 Å². The lowest BCUT2D eigenvalue weighted by molar-refractivity contribution is -0.120. The van der Waals surface area contributed by atoms with Crippen LogP contribution < -0.4 is 10.1 Å². The maximum Gasteiger partial charge on any atom is 0.255 e. The van der Waals surface area contributed by atoms with Crippen molar-refractivity contribution in [1.82, 2.24) is 4.90 Å². The second-order valence-electron chi connectivity index (χ2n) is 6.06. The fourth-order valence-electron chi connectivity index (χ4n) is 2.95. The third kappa shape index (κ3) is 3.20. The van der Waals surface area contributed by atoms with Gasteiger partial charge in [-0.3, -0.25) is 9.59 Å². The quantitative estimate of drug-likeness (QED) is 0.907. The lowest BCUT2D eigenvalue weighted by Gasteiger charge is -2.23. The number of carbonyl (C=O) groups excluding carboxylic acids is 2. The van der Waals surface area contributed by atoms with Crippen molar-refractivity contribution in [3.05, 3.63) is 58.1 Å². The van der Waals surface area contributed by atoms with Gasteiger partial charge >= 0.3 is 0 Å². The van der Waals surface area contributed by atoms with E-state index in [1.807, 2.05) is 25.1 Å². The number of fused-ring (bicyclic) bond motifs is 1. The molecular weight excluding hydrogens is 340 g/mol.